The summed E-state index contributed by atoms with van der Waals surface area (Å²) in [4.78, 5) is 27.9. The summed E-state index contributed by atoms with van der Waals surface area (Å²) in [5.41, 5.74) is 1.60. The third-order valence-corrected chi connectivity index (χ3v) is 5.27. The first-order valence-corrected chi connectivity index (χ1v) is 10.5. The number of halogens is 1. The fourth-order valence-corrected chi connectivity index (χ4v) is 3.84. The van der Waals surface area contributed by atoms with E-state index in [1.807, 2.05) is 29.4 Å². The molecule has 0 aromatic carbocycles. The molecule has 4 rings (SSSR count). The van der Waals surface area contributed by atoms with Crippen molar-refractivity contribution in [3.8, 4) is 0 Å². The van der Waals surface area contributed by atoms with Gasteiger partial charge in [0.1, 0.15) is 35.8 Å². The second-order valence-electron chi connectivity index (χ2n) is 7.71. The van der Waals surface area contributed by atoms with E-state index in [2.05, 4.69) is 25.3 Å². The van der Waals surface area contributed by atoms with Gasteiger partial charge in [-0.05, 0) is 26.3 Å². The van der Waals surface area contributed by atoms with Gasteiger partial charge in [-0.3, -0.25) is 4.79 Å². The third kappa shape index (κ3) is 5.52. The molecule has 2 atom stereocenters. The maximum absolute atomic E-state index is 14.2. The molecule has 0 unspecified atom stereocenters. The first-order valence-electron chi connectivity index (χ1n) is 10.5. The number of aromatic nitrogens is 5. The Hall–Kier alpha value is -3.38. The van der Waals surface area contributed by atoms with Crippen LogP contribution in [0.15, 0.2) is 24.5 Å². The van der Waals surface area contributed by atoms with Crippen molar-refractivity contribution >= 4 is 35.1 Å². The van der Waals surface area contributed by atoms with Gasteiger partial charge >= 0.3 is 0 Å². The summed E-state index contributed by atoms with van der Waals surface area (Å²) in [5.74, 6) is 2.23. The average molecular weight is 461 g/mol. The van der Waals surface area contributed by atoms with E-state index in [1.165, 1.54) is 7.11 Å². The topological polar surface area (TPSA) is 139 Å². The summed E-state index contributed by atoms with van der Waals surface area (Å²) < 4.78 is 21.4. The lowest BCUT2D eigenvalue weighted by Gasteiger charge is -2.33. The lowest BCUT2D eigenvalue weighted by Crippen LogP contribution is -2.46. The molecule has 0 aliphatic carbocycles. The third-order valence-electron chi connectivity index (χ3n) is 5.27. The molecule has 1 saturated heterocycles. The van der Waals surface area contributed by atoms with Gasteiger partial charge in [0, 0.05) is 32.0 Å². The number of methoxy groups -OCH3 is 1. The van der Waals surface area contributed by atoms with Crippen LogP contribution >= 0.6 is 0 Å². The van der Waals surface area contributed by atoms with E-state index in [-0.39, 0.29) is 31.8 Å². The Morgan fingerprint density at radius 2 is 2.09 bits per heavy atom. The number of anilines is 3. The van der Waals surface area contributed by atoms with Gasteiger partial charge in [-0.15, -0.1) is 0 Å². The summed E-state index contributed by atoms with van der Waals surface area (Å²) >= 11 is 0. The second-order valence-corrected chi connectivity index (χ2v) is 7.71. The van der Waals surface area contributed by atoms with Gasteiger partial charge in [0.15, 0.2) is 0 Å². The van der Waals surface area contributed by atoms with Crippen LogP contribution in [0, 0.1) is 0 Å². The fraction of sp³-hybridized carbons (Fsp3) is 0.476. The van der Waals surface area contributed by atoms with Crippen LogP contribution in [-0.2, 0) is 16.1 Å². The molecular weight excluding hydrogens is 433 g/mol. The monoisotopic (exact) mass is 461 g/mol. The van der Waals surface area contributed by atoms with Crippen LogP contribution in [0.2, 0.25) is 0 Å². The number of hydrogen-bond acceptors (Lipinski definition) is 9. The molecule has 0 amide bonds. The molecule has 3 aromatic rings. The number of piperidine rings is 1. The molecular formula is C21H28FN7O4. The van der Waals surface area contributed by atoms with Crippen molar-refractivity contribution < 1.29 is 24.1 Å². The van der Waals surface area contributed by atoms with Gasteiger partial charge < -0.3 is 29.7 Å². The number of rotatable bonds is 6. The van der Waals surface area contributed by atoms with Crippen LogP contribution in [-0.4, -0.2) is 73.7 Å². The minimum atomic E-state index is -1.08. The van der Waals surface area contributed by atoms with Crippen molar-refractivity contribution in [3.63, 3.8) is 0 Å². The minimum Gasteiger partial charge on any atom is -0.483 e. The van der Waals surface area contributed by atoms with Crippen molar-refractivity contribution in [2.45, 2.75) is 45.2 Å². The van der Waals surface area contributed by atoms with E-state index < -0.39 is 6.17 Å². The number of fused-ring (bicyclic) bond motifs is 1. The molecule has 0 spiro atoms. The summed E-state index contributed by atoms with van der Waals surface area (Å²) in [6.07, 6.45) is 2.43. The number of nitrogens with zero attached hydrogens (tertiary/aromatic N) is 6. The summed E-state index contributed by atoms with van der Waals surface area (Å²) in [6, 6.07) is 3.76. The molecule has 12 heteroatoms. The van der Waals surface area contributed by atoms with Crippen molar-refractivity contribution in [2.24, 2.45) is 0 Å². The lowest BCUT2D eigenvalue weighted by atomic mass is 10.1. The number of alkyl halides is 1. The van der Waals surface area contributed by atoms with Crippen molar-refractivity contribution in [3.05, 3.63) is 30.4 Å². The Morgan fingerprint density at radius 1 is 1.33 bits per heavy atom. The Labute approximate surface area is 190 Å². The molecule has 3 aromatic heterocycles. The number of ether oxygens (including phenoxy) is 1. The van der Waals surface area contributed by atoms with E-state index >= 15 is 0 Å². The summed E-state index contributed by atoms with van der Waals surface area (Å²) in [6.45, 7) is 4.51. The highest BCUT2D eigenvalue weighted by molar-refractivity contribution is 5.79. The fourth-order valence-electron chi connectivity index (χ4n) is 3.84. The standard InChI is InChI=1S/C20H26FN7O2.CH2O2/c1-12(2)28-15-8-18(23-9-14(15)24-19(28)11-29)25-17-4-6-22-20(26-17)27-7-5-16(30-3)13(21)10-27;2-1-3/h4,6,8-9,12-13,16,29H,5,7,10-11H2,1-3H3,(H,22,23,25,26);1H,(H,2,3)/t13-,16+;/m1./s1. The van der Waals surface area contributed by atoms with Crippen LogP contribution in [0.3, 0.4) is 0 Å². The molecule has 178 valence electrons. The predicted molar refractivity (Wildman–Crippen MR) is 120 cm³/mol. The minimum absolute atomic E-state index is 0.139. The SMILES string of the molecule is CO[C@H]1CCN(c2nccc(Nc3cc4c(cn3)nc(CO)n4C(C)C)n2)C[C@H]1F.O=CO. The quantitative estimate of drug-likeness (QED) is 0.469. The zero-order chi connectivity index (χ0) is 24.0. The molecule has 33 heavy (non-hydrogen) atoms. The Bertz CT molecular complexity index is 1080. The van der Waals surface area contributed by atoms with E-state index in [0.717, 1.165) is 11.0 Å². The molecule has 11 nitrogen and oxygen atoms in total. The van der Waals surface area contributed by atoms with Crippen molar-refractivity contribution in [1.82, 2.24) is 24.5 Å². The van der Waals surface area contributed by atoms with Gasteiger partial charge in [-0.1, -0.05) is 0 Å². The largest absolute Gasteiger partial charge is 0.483 e. The number of pyridine rings is 1. The average Bonchev–Trinajstić information content (AvgIpc) is 3.18. The molecule has 0 bridgehead atoms. The number of carboxylic acid groups (broad SMARTS) is 1. The number of imidazole rings is 1. The molecule has 3 N–H and O–H groups in total. The first kappa shape index (κ1) is 24.3. The normalized spacial score (nSPS) is 18.2. The molecule has 1 aliphatic heterocycles. The van der Waals surface area contributed by atoms with Gasteiger partial charge in [0.25, 0.3) is 6.47 Å². The molecule has 1 fully saturated rings. The molecule has 0 radical (unpaired) electrons. The maximum Gasteiger partial charge on any atom is 0.290 e. The number of aliphatic hydroxyl groups excluding tert-OH is 1. The van der Waals surface area contributed by atoms with Crippen molar-refractivity contribution in [1.29, 1.82) is 0 Å². The van der Waals surface area contributed by atoms with Gasteiger partial charge in [0.05, 0.1) is 24.4 Å². The summed E-state index contributed by atoms with van der Waals surface area (Å²) in [7, 11) is 1.53. The molecule has 1 aliphatic rings. The zero-order valence-corrected chi connectivity index (χ0v) is 18.7. The van der Waals surface area contributed by atoms with Gasteiger partial charge in [-0.2, -0.15) is 4.98 Å². The van der Waals surface area contributed by atoms with Crippen LogP contribution in [0.4, 0.5) is 22.0 Å². The number of aliphatic hydroxyl groups is 1. The number of hydrogen-bond donors (Lipinski definition) is 3. The van der Waals surface area contributed by atoms with E-state index in [0.29, 0.717) is 36.4 Å². The van der Waals surface area contributed by atoms with Crippen LogP contribution < -0.4 is 10.2 Å². The first-order chi connectivity index (χ1) is 15.9. The highest BCUT2D eigenvalue weighted by Gasteiger charge is 2.30. The van der Waals surface area contributed by atoms with Crippen LogP contribution in [0.25, 0.3) is 11.0 Å². The van der Waals surface area contributed by atoms with Crippen molar-refractivity contribution in [2.75, 3.05) is 30.4 Å². The van der Waals surface area contributed by atoms with E-state index in [4.69, 9.17) is 14.6 Å². The smallest absolute Gasteiger partial charge is 0.290 e. The second kappa shape index (κ2) is 11.0. The van der Waals surface area contributed by atoms with E-state index in [1.54, 1.807) is 18.5 Å². The highest BCUT2D eigenvalue weighted by atomic mass is 19.1. The predicted octanol–water partition coefficient (Wildman–Crippen LogP) is 2.30. The zero-order valence-electron chi connectivity index (χ0n) is 18.7. The maximum atomic E-state index is 14.2. The van der Waals surface area contributed by atoms with Gasteiger partial charge in [0.2, 0.25) is 5.95 Å². The molecule has 0 saturated carbocycles. The lowest BCUT2D eigenvalue weighted by molar-refractivity contribution is -0.122. The Balaban J connectivity index is 0.000000968. The Morgan fingerprint density at radius 3 is 2.73 bits per heavy atom. The molecule has 4 heterocycles. The van der Waals surface area contributed by atoms with E-state index in [9.17, 15) is 9.50 Å². The van der Waals surface area contributed by atoms with Crippen LogP contribution in [0.1, 0.15) is 32.1 Å². The van der Waals surface area contributed by atoms with Gasteiger partial charge in [-0.25, -0.2) is 19.3 Å². The Kier molecular flexibility index (Phi) is 8.06. The number of carbonyl (C=O) groups is 1. The van der Waals surface area contributed by atoms with Crippen LogP contribution in [0.5, 0.6) is 0 Å². The number of nitrogens with one attached hydrogen (secondary N) is 1. The highest BCUT2D eigenvalue weighted by Crippen LogP contribution is 2.25. The summed E-state index contributed by atoms with van der Waals surface area (Å²) in [5, 5.41) is 19.7.